The number of carbonyl (C=O) groups is 1. The summed E-state index contributed by atoms with van der Waals surface area (Å²) in [6, 6.07) is 16.6. The van der Waals surface area contributed by atoms with Crippen LogP contribution in [0.25, 0.3) is 28.0 Å². The molecule has 0 amide bonds. The van der Waals surface area contributed by atoms with Gasteiger partial charge in [0.2, 0.25) is 0 Å². The van der Waals surface area contributed by atoms with Crippen LogP contribution in [0.5, 0.6) is 5.75 Å². The molecule has 9 nitrogen and oxygen atoms in total. The number of aromatic nitrogens is 3. The van der Waals surface area contributed by atoms with E-state index in [2.05, 4.69) is 61.7 Å². The Balaban J connectivity index is 1.65. The van der Waals surface area contributed by atoms with E-state index in [1.165, 1.54) is 7.11 Å². The van der Waals surface area contributed by atoms with Crippen molar-refractivity contribution in [3.8, 4) is 28.1 Å². The Morgan fingerprint density at radius 2 is 1.77 bits per heavy atom. The van der Waals surface area contributed by atoms with Gasteiger partial charge in [-0.05, 0) is 91.5 Å². The predicted octanol–water partition coefficient (Wildman–Crippen LogP) is 8.06. The molecular weight excluding hydrogens is 604 g/mol. The van der Waals surface area contributed by atoms with Gasteiger partial charge in [-0.15, -0.1) is 6.58 Å². The van der Waals surface area contributed by atoms with Crippen LogP contribution in [-0.2, 0) is 19.0 Å². The van der Waals surface area contributed by atoms with E-state index >= 15 is 0 Å². The van der Waals surface area contributed by atoms with Gasteiger partial charge in [0.05, 0.1) is 42.3 Å². The molecule has 9 heteroatoms. The van der Waals surface area contributed by atoms with Gasteiger partial charge in [0.1, 0.15) is 11.6 Å². The van der Waals surface area contributed by atoms with Gasteiger partial charge in [-0.1, -0.05) is 36.4 Å². The predicted molar refractivity (Wildman–Crippen MR) is 191 cm³/mol. The summed E-state index contributed by atoms with van der Waals surface area (Å²) in [6.07, 6.45) is 2.42. The lowest BCUT2D eigenvalue weighted by Crippen LogP contribution is -2.45. The molecule has 256 valence electrons. The monoisotopic (exact) mass is 654 g/mol. The lowest BCUT2D eigenvalue weighted by atomic mass is 9.92. The summed E-state index contributed by atoms with van der Waals surface area (Å²) >= 11 is 0. The number of ether oxygens (including phenoxy) is 4. The van der Waals surface area contributed by atoms with E-state index in [9.17, 15) is 4.79 Å². The first-order valence-electron chi connectivity index (χ1n) is 16.8. The molecule has 0 N–H and O–H groups in total. The number of fused-ring (bicyclic) bond motifs is 1. The van der Waals surface area contributed by atoms with E-state index in [0.717, 1.165) is 52.4 Å². The summed E-state index contributed by atoms with van der Waals surface area (Å²) in [5.74, 6) is 1.14. The van der Waals surface area contributed by atoms with Gasteiger partial charge in [-0.25, -0.2) is 9.78 Å². The highest BCUT2D eigenvalue weighted by Gasteiger charge is 2.38. The Hall–Kier alpha value is -4.21. The second kappa shape index (κ2) is 14.1. The molecule has 0 spiro atoms. The third-order valence-electron chi connectivity index (χ3n) is 8.59. The normalized spacial score (nSPS) is 15.5. The van der Waals surface area contributed by atoms with Gasteiger partial charge in [-0.3, -0.25) is 0 Å². The lowest BCUT2D eigenvalue weighted by molar-refractivity contribution is -0.164. The molecule has 0 radical (unpaired) electrons. The van der Waals surface area contributed by atoms with Crippen LogP contribution in [0.15, 0.2) is 61.2 Å². The Labute approximate surface area is 284 Å². The molecule has 2 aromatic carbocycles. The summed E-state index contributed by atoms with van der Waals surface area (Å²) in [5, 5.41) is 5.16. The van der Waals surface area contributed by atoms with E-state index < -0.39 is 17.7 Å². The quantitative estimate of drug-likeness (QED) is 0.119. The van der Waals surface area contributed by atoms with Gasteiger partial charge in [-0.2, -0.15) is 9.61 Å². The molecule has 1 atom stereocenters. The van der Waals surface area contributed by atoms with Crippen molar-refractivity contribution >= 4 is 17.4 Å². The maximum atomic E-state index is 13.4. The average Bonchev–Trinajstić information content (AvgIpc) is 3.45. The maximum Gasteiger partial charge on any atom is 0.339 e. The van der Waals surface area contributed by atoms with E-state index in [4.69, 9.17) is 29.0 Å². The molecule has 0 saturated carbocycles. The number of piperidine rings is 1. The summed E-state index contributed by atoms with van der Waals surface area (Å²) < 4.78 is 25.9. The zero-order chi connectivity index (χ0) is 34.8. The number of carbonyl (C=O) groups excluding carboxylic acids is 1. The van der Waals surface area contributed by atoms with Crippen LogP contribution in [0.3, 0.4) is 0 Å². The number of methoxy groups -OCH3 is 1. The molecule has 0 bridgehead atoms. The van der Waals surface area contributed by atoms with Crippen molar-refractivity contribution in [3.05, 3.63) is 78.0 Å². The molecule has 1 fully saturated rings. The number of hydrogen-bond acceptors (Lipinski definition) is 8. The van der Waals surface area contributed by atoms with Crippen molar-refractivity contribution in [2.24, 2.45) is 0 Å². The molecule has 1 aliphatic heterocycles. The Morgan fingerprint density at radius 3 is 2.42 bits per heavy atom. The third-order valence-corrected chi connectivity index (χ3v) is 8.59. The van der Waals surface area contributed by atoms with Crippen LogP contribution in [0.4, 0.5) is 5.82 Å². The molecule has 1 aliphatic rings. The number of esters is 1. The number of aryl methyl sites for hydroxylation is 2. The van der Waals surface area contributed by atoms with Crippen molar-refractivity contribution in [1.82, 2.24) is 14.6 Å². The molecule has 0 aliphatic carbocycles. The average molecular weight is 655 g/mol. The molecular formula is C39H50N4O5. The van der Waals surface area contributed by atoms with Crippen molar-refractivity contribution in [3.63, 3.8) is 0 Å². The fourth-order valence-corrected chi connectivity index (χ4v) is 6.21. The van der Waals surface area contributed by atoms with Crippen molar-refractivity contribution in [1.29, 1.82) is 0 Å². The molecule has 1 saturated heterocycles. The van der Waals surface area contributed by atoms with Gasteiger partial charge in [0.25, 0.3) is 0 Å². The van der Waals surface area contributed by atoms with Crippen molar-refractivity contribution in [2.75, 3.05) is 31.7 Å². The molecule has 3 heterocycles. The first kappa shape index (κ1) is 35.1. The van der Waals surface area contributed by atoms with Crippen LogP contribution in [0.2, 0.25) is 0 Å². The largest absolute Gasteiger partial charge is 0.490 e. The Kier molecular flexibility index (Phi) is 10.3. The van der Waals surface area contributed by atoms with Crippen molar-refractivity contribution in [2.45, 2.75) is 91.6 Å². The van der Waals surface area contributed by atoms with E-state index in [1.54, 1.807) is 6.08 Å². The van der Waals surface area contributed by atoms with E-state index in [0.29, 0.717) is 36.6 Å². The minimum atomic E-state index is -0.996. The third kappa shape index (κ3) is 7.74. The second-order valence-electron chi connectivity index (χ2n) is 14.2. The fourth-order valence-electron chi connectivity index (χ4n) is 6.21. The Bertz CT molecular complexity index is 1780. The minimum Gasteiger partial charge on any atom is -0.490 e. The van der Waals surface area contributed by atoms with Crippen LogP contribution in [-0.4, -0.2) is 64.7 Å². The highest BCUT2D eigenvalue weighted by atomic mass is 16.6. The van der Waals surface area contributed by atoms with Crippen LogP contribution >= 0.6 is 0 Å². The molecule has 2 aromatic heterocycles. The number of nitrogens with zero attached hydrogens (tertiary/aromatic N) is 4. The minimum absolute atomic E-state index is 0.0476. The van der Waals surface area contributed by atoms with Crippen LogP contribution in [0, 0.1) is 13.8 Å². The molecule has 5 rings (SSSR count). The van der Waals surface area contributed by atoms with Gasteiger partial charge in [0, 0.05) is 36.0 Å². The first-order chi connectivity index (χ1) is 22.7. The highest BCUT2D eigenvalue weighted by Crippen LogP contribution is 2.39. The number of benzene rings is 2. The Morgan fingerprint density at radius 1 is 1.06 bits per heavy atom. The number of rotatable bonds is 11. The van der Waals surface area contributed by atoms with Gasteiger partial charge >= 0.3 is 5.97 Å². The van der Waals surface area contributed by atoms with Crippen LogP contribution < -0.4 is 9.64 Å². The SMILES string of the molecule is C=CCOC1(C)CCN(c2c(C(OC(C)(C)C)C(=O)OC)c(C)nc3cc(-c4cccc(-c5ccc(C)cc5OC(C)C)c4)nn23)CC1. The summed E-state index contributed by atoms with van der Waals surface area (Å²) in [6.45, 7) is 21.7. The number of anilines is 1. The van der Waals surface area contributed by atoms with Gasteiger partial charge in [0.15, 0.2) is 11.8 Å². The van der Waals surface area contributed by atoms with E-state index in [-0.39, 0.29) is 11.7 Å². The zero-order valence-corrected chi connectivity index (χ0v) is 29.9. The lowest BCUT2D eigenvalue weighted by Gasteiger charge is -2.41. The number of hydrogen-bond donors (Lipinski definition) is 0. The molecule has 48 heavy (non-hydrogen) atoms. The molecule has 1 unspecified atom stereocenters. The summed E-state index contributed by atoms with van der Waals surface area (Å²) in [4.78, 5) is 20.6. The van der Waals surface area contributed by atoms with Crippen LogP contribution in [0.1, 0.15) is 77.3 Å². The summed E-state index contributed by atoms with van der Waals surface area (Å²) in [7, 11) is 1.39. The maximum absolute atomic E-state index is 13.4. The fraction of sp³-hybridized carbons (Fsp3) is 0.462. The highest BCUT2D eigenvalue weighted by molar-refractivity contribution is 5.81. The second-order valence-corrected chi connectivity index (χ2v) is 14.2. The van der Waals surface area contributed by atoms with E-state index in [1.807, 2.05) is 58.2 Å². The van der Waals surface area contributed by atoms with Crippen molar-refractivity contribution < 1.29 is 23.7 Å². The smallest absolute Gasteiger partial charge is 0.339 e. The molecule has 4 aromatic rings. The standard InChI is InChI=1S/C39H50N4O5/c1-11-21-46-39(9)17-19-42(20-18-39)36-34(35(37(44)45-10)48-38(6,7)8)27(5)40-33-24-31(41-43(33)36)29-14-12-13-28(23-29)30-16-15-26(4)22-32(30)47-25(2)3/h11-16,22-25,35H,1,17-21H2,2-10H3. The van der Waals surface area contributed by atoms with Gasteiger partial charge < -0.3 is 23.8 Å². The summed E-state index contributed by atoms with van der Waals surface area (Å²) in [5.41, 5.74) is 6.02. The topological polar surface area (TPSA) is 87.4 Å². The zero-order valence-electron chi connectivity index (χ0n) is 29.9. The first-order valence-corrected chi connectivity index (χ1v) is 16.8.